The molecule has 4 aromatic rings. The van der Waals surface area contributed by atoms with E-state index in [9.17, 15) is 18.0 Å². The van der Waals surface area contributed by atoms with Gasteiger partial charge in [0.05, 0.1) is 12.0 Å². The molecule has 0 radical (unpaired) electrons. The second-order valence-corrected chi connectivity index (χ2v) is 14.0. The zero-order valence-electron chi connectivity index (χ0n) is 26.5. The molecule has 2 amide bonds. The Labute approximate surface area is 282 Å². The lowest BCUT2D eigenvalue weighted by atomic mass is 10.0. The van der Waals surface area contributed by atoms with Gasteiger partial charge in [0.15, 0.2) is 0 Å². The van der Waals surface area contributed by atoms with E-state index in [0.29, 0.717) is 43.2 Å². The first-order valence-corrected chi connectivity index (χ1v) is 17.6. The average molecular weight is 674 g/mol. The smallest absolute Gasteiger partial charge is 0.243 e. The molecule has 1 aliphatic rings. The molecule has 4 aromatic carbocycles. The van der Waals surface area contributed by atoms with Crippen molar-refractivity contribution in [3.05, 3.63) is 130 Å². The van der Waals surface area contributed by atoms with Crippen LogP contribution in [0.1, 0.15) is 41.5 Å². The Morgan fingerprint density at radius 1 is 0.830 bits per heavy atom. The van der Waals surface area contributed by atoms with Crippen LogP contribution in [0, 0.1) is 0 Å². The van der Waals surface area contributed by atoms with Crippen molar-refractivity contribution in [3.8, 4) is 5.75 Å². The minimum atomic E-state index is -3.52. The number of rotatable bonds is 14. The van der Waals surface area contributed by atoms with Gasteiger partial charge in [-0.25, -0.2) is 8.42 Å². The van der Waals surface area contributed by atoms with Crippen LogP contribution in [0.15, 0.2) is 108 Å². The quantitative estimate of drug-likeness (QED) is 0.177. The van der Waals surface area contributed by atoms with E-state index in [-0.39, 0.29) is 29.7 Å². The monoisotopic (exact) mass is 673 g/mol. The van der Waals surface area contributed by atoms with Crippen molar-refractivity contribution in [1.82, 2.24) is 14.5 Å². The van der Waals surface area contributed by atoms with Gasteiger partial charge in [0.1, 0.15) is 11.8 Å². The number of amides is 2. The number of carbonyl (C=O) groups is 2. The fourth-order valence-corrected chi connectivity index (χ4v) is 7.33. The van der Waals surface area contributed by atoms with Crippen LogP contribution in [0.25, 0.3) is 0 Å². The molecule has 1 fully saturated rings. The lowest BCUT2D eigenvalue weighted by Gasteiger charge is -2.32. The number of nitrogens with one attached hydrogen (secondary N) is 1. The Bertz CT molecular complexity index is 1730. The molecule has 0 saturated carbocycles. The van der Waals surface area contributed by atoms with Crippen LogP contribution in [0.5, 0.6) is 5.75 Å². The van der Waals surface area contributed by atoms with Crippen LogP contribution in [0.2, 0.25) is 5.02 Å². The molecule has 0 aromatic heterocycles. The lowest BCUT2D eigenvalue weighted by molar-refractivity contribution is -0.141. The maximum absolute atomic E-state index is 14.1. The molecule has 246 valence electrons. The SMILES string of the molecule is COc1ccc(CN(C(=O)CCc2ccc(S(=O)(=O)N3CCCC3)cc2)[C@@H](Cc2ccccc2)C(=O)NCc2ccc(Cl)cc2)cc1. The Hall–Kier alpha value is -4.18. The fourth-order valence-electron chi connectivity index (χ4n) is 5.69. The maximum atomic E-state index is 14.1. The van der Waals surface area contributed by atoms with E-state index >= 15 is 0 Å². The van der Waals surface area contributed by atoms with E-state index in [4.69, 9.17) is 16.3 Å². The average Bonchev–Trinajstić information content (AvgIpc) is 3.66. The van der Waals surface area contributed by atoms with Crippen molar-refractivity contribution >= 4 is 33.4 Å². The van der Waals surface area contributed by atoms with E-state index in [1.807, 2.05) is 66.7 Å². The summed E-state index contributed by atoms with van der Waals surface area (Å²) in [5, 5.41) is 3.65. The third-order valence-electron chi connectivity index (χ3n) is 8.42. The Morgan fingerprint density at radius 2 is 1.45 bits per heavy atom. The lowest BCUT2D eigenvalue weighted by Crippen LogP contribution is -2.50. The number of aryl methyl sites for hydroxylation is 1. The molecule has 1 saturated heterocycles. The number of hydrogen-bond donors (Lipinski definition) is 1. The van der Waals surface area contributed by atoms with Gasteiger partial charge in [-0.05, 0) is 77.9 Å². The van der Waals surface area contributed by atoms with E-state index in [1.165, 1.54) is 4.31 Å². The molecule has 5 rings (SSSR count). The normalized spacial score (nSPS) is 14.0. The highest BCUT2D eigenvalue weighted by molar-refractivity contribution is 7.89. The van der Waals surface area contributed by atoms with Gasteiger partial charge < -0.3 is 15.0 Å². The summed E-state index contributed by atoms with van der Waals surface area (Å²) in [6.07, 6.45) is 2.61. The molecule has 1 aliphatic heterocycles. The maximum Gasteiger partial charge on any atom is 0.243 e. The summed E-state index contributed by atoms with van der Waals surface area (Å²) in [5.41, 5.74) is 3.53. The number of nitrogens with zero attached hydrogens (tertiary/aromatic N) is 2. The molecule has 1 heterocycles. The zero-order valence-corrected chi connectivity index (χ0v) is 28.1. The second kappa shape index (κ2) is 16.1. The van der Waals surface area contributed by atoms with Crippen LogP contribution >= 0.6 is 11.6 Å². The standard InChI is InChI=1S/C37H40ClN3O5S/c1-46-33-18-11-31(12-19-33)27-41(36(42)22-15-28-13-20-34(21-14-28)47(44,45)40-23-5-6-24-40)35(25-29-7-3-2-4-8-29)37(43)39-26-30-9-16-32(38)17-10-30/h2-4,7-14,16-21,35H,5-6,15,22-27H2,1H3,(H,39,43)/t35-/m0/s1. The molecule has 0 unspecified atom stereocenters. The number of ether oxygens (including phenoxy) is 1. The first kappa shape index (κ1) is 34.2. The number of benzene rings is 4. The summed E-state index contributed by atoms with van der Waals surface area (Å²) < 4.78 is 32.8. The Balaban J connectivity index is 1.37. The highest BCUT2D eigenvalue weighted by Gasteiger charge is 2.31. The number of carbonyl (C=O) groups excluding carboxylic acids is 2. The van der Waals surface area contributed by atoms with Crippen molar-refractivity contribution in [2.75, 3.05) is 20.2 Å². The van der Waals surface area contributed by atoms with Gasteiger partial charge in [0, 0.05) is 44.0 Å². The van der Waals surface area contributed by atoms with E-state index < -0.39 is 16.1 Å². The van der Waals surface area contributed by atoms with Crippen LogP contribution in [0.4, 0.5) is 0 Å². The largest absolute Gasteiger partial charge is 0.497 e. The van der Waals surface area contributed by atoms with Crippen LogP contribution in [0.3, 0.4) is 0 Å². The summed E-state index contributed by atoms with van der Waals surface area (Å²) in [6, 6.07) is 30.4. The molecule has 0 aliphatic carbocycles. The predicted octanol–water partition coefficient (Wildman–Crippen LogP) is 6.02. The first-order valence-electron chi connectivity index (χ1n) is 15.8. The van der Waals surface area contributed by atoms with Crippen LogP contribution in [-0.2, 0) is 45.5 Å². The van der Waals surface area contributed by atoms with Crippen molar-refractivity contribution in [1.29, 1.82) is 0 Å². The van der Waals surface area contributed by atoms with Crippen molar-refractivity contribution in [2.24, 2.45) is 0 Å². The van der Waals surface area contributed by atoms with Crippen LogP contribution in [-0.4, -0.2) is 55.7 Å². The van der Waals surface area contributed by atoms with E-state index in [2.05, 4.69) is 5.32 Å². The van der Waals surface area contributed by atoms with Gasteiger partial charge in [-0.3, -0.25) is 9.59 Å². The fraction of sp³-hybridized carbons (Fsp3) is 0.297. The highest BCUT2D eigenvalue weighted by atomic mass is 35.5. The van der Waals surface area contributed by atoms with Gasteiger partial charge in [0.25, 0.3) is 0 Å². The third-order valence-corrected chi connectivity index (χ3v) is 10.6. The molecule has 47 heavy (non-hydrogen) atoms. The molecule has 1 N–H and O–H groups in total. The minimum Gasteiger partial charge on any atom is -0.497 e. The second-order valence-electron chi connectivity index (χ2n) is 11.7. The van der Waals surface area contributed by atoms with Crippen molar-refractivity contribution in [2.45, 2.75) is 56.1 Å². The molecule has 0 bridgehead atoms. The Morgan fingerprint density at radius 3 is 2.09 bits per heavy atom. The Kier molecular flexibility index (Phi) is 11.7. The summed E-state index contributed by atoms with van der Waals surface area (Å²) >= 11 is 6.05. The molecule has 10 heteroatoms. The molecule has 0 spiro atoms. The van der Waals surface area contributed by atoms with Gasteiger partial charge in [-0.2, -0.15) is 4.31 Å². The van der Waals surface area contributed by atoms with Crippen LogP contribution < -0.4 is 10.1 Å². The summed E-state index contributed by atoms with van der Waals surface area (Å²) in [7, 11) is -1.92. The summed E-state index contributed by atoms with van der Waals surface area (Å²) in [6.45, 7) is 1.60. The van der Waals surface area contributed by atoms with Gasteiger partial charge in [-0.15, -0.1) is 0 Å². The van der Waals surface area contributed by atoms with E-state index in [0.717, 1.165) is 35.1 Å². The number of methoxy groups -OCH3 is 1. The van der Waals surface area contributed by atoms with E-state index in [1.54, 1.807) is 48.4 Å². The number of halogens is 1. The topological polar surface area (TPSA) is 96.0 Å². The predicted molar refractivity (Wildman–Crippen MR) is 184 cm³/mol. The third kappa shape index (κ3) is 9.22. The molecular formula is C37H40ClN3O5S. The summed E-state index contributed by atoms with van der Waals surface area (Å²) in [4.78, 5) is 29.9. The van der Waals surface area contributed by atoms with Gasteiger partial charge in [-0.1, -0.05) is 78.3 Å². The first-order chi connectivity index (χ1) is 22.7. The van der Waals surface area contributed by atoms with Crippen molar-refractivity contribution < 1.29 is 22.7 Å². The summed E-state index contributed by atoms with van der Waals surface area (Å²) in [5.74, 6) is 0.252. The minimum absolute atomic E-state index is 0.143. The van der Waals surface area contributed by atoms with Gasteiger partial charge >= 0.3 is 0 Å². The van der Waals surface area contributed by atoms with Gasteiger partial charge in [0.2, 0.25) is 21.8 Å². The number of sulfonamides is 1. The molecule has 8 nitrogen and oxygen atoms in total. The molecular weight excluding hydrogens is 634 g/mol. The van der Waals surface area contributed by atoms with Crippen molar-refractivity contribution in [3.63, 3.8) is 0 Å². The number of hydrogen-bond acceptors (Lipinski definition) is 5. The highest BCUT2D eigenvalue weighted by Crippen LogP contribution is 2.23. The zero-order chi connectivity index (χ0) is 33.2. The molecule has 1 atom stereocenters.